The van der Waals surface area contributed by atoms with Gasteiger partial charge >= 0.3 is 0 Å². The van der Waals surface area contributed by atoms with Gasteiger partial charge < -0.3 is 10.1 Å². The zero-order chi connectivity index (χ0) is 17.3. The molecule has 0 fully saturated rings. The van der Waals surface area contributed by atoms with Crippen molar-refractivity contribution < 1.29 is 19.1 Å². The van der Waals surface area contributed by atoms with Crippen LogP contribution in [0.15, 0.2) is 42.5 Å². The van der Waals surface area contributed by atoms with Crippen LogP contribution < -0.4 is 15.4 Å². The molecule has 3 amide bonds. The maximum Gasteiger partial charge on any atom is 0.265 e. The number of hydrogen-bond donors (Lipinski definition) is 2. The average Bonchev–Trinajstić information content (AvgIpc) is 2.81. The molecule has 6 nitrogen and oxygen atoms in total. The van der Waals surface area contributed by atoms with Crippen LogP contribution in [0.25, 0.3) is 0 Å². The second kappa shape index (κ2) is 6.16. The Hall–Kier alpha value is -3.15. The standard InChI is InChI=1S/C18H16N2O4/c1-10-4-3-5-13(8-10)24-11(2)16(21)19-12-6-7-14-15(9-12)18(23)20-17(14)22/h3-9,11H,1-2H3,(H,19,21)(H,20,22,23). The SMILES string of the molecule is Cc1cccc(OC(C)C(=O)Nc2ccc3c(c2)C(=O)NC3=O)c1. The molecule has 1 aliphatic rings. The van der Waals surface area contributed by atoms with Crippen molar-refractivity contribution in [3.05, 3.63) is 59.2 Å². The van der Waals surface area contributed by atoms with Gasteiger partial charge in [-0.1, -0.05) is 12.1 Å². The van der Waals surface area contributed by atoms with E-state index in [2.05, 4.69) is 10.6 Å². The van der Waals surface area contributed by atoms with Crippen LogP contribution in [0.3, 0.4) is 0 Å². The third-order valence-corrected chi connectivity index (χ3v) is 3.68. The first-order valence-electron chi connectivity index (χ1n) is 7.48. The molecule has 2 aromatic carbocycles. The quantitative estimate of drug-likeness (QED) is 0.845. The van der Waals surface area contributed by atoms with Crippen molar-refractivity contribution in [3.8, 4) is 5.75 Å². The number of aryl methyl sites for hydroxylation is 1. The van der Waals surface area contributed by atoms with Gasteiger partial charge in [-0.25, -0.2) is 0 Å². The van der Waals surface area contributed by atoms with Gasteiger partial charge in [0.1, 0.15) is 5.75 Å². The summed E-state index contributed by atoms with van der Waals surface area (Å²) in [5.74, 6) is -0.628. The lowest BCUT2D eigenvalue weighted by molar-refractivity contribution is -0.122. The highest BCUT2D eigenvalue weighted by atomic mass is 16.5. The highest BCUT2D eigenvalue weighted by Crippen LogP contribution is 2.21. The Labute approximate surface area is 138 Å². The summed E-state index contributed by atoms with van der Waals surface area (Å²) in [5, 5.41) is 4.89. The molecule has 0 aromatic heterocycles. The summed E-state index contributed by atoms with van der Waals surface area (Å²) in [4.78, 5) is 35.4. The van der Waals surface area contributed by atoms with Crippen LogP contribution in [-0.4, -0.2) is 23.8 Å². The van der Waals surface area contributed by atoms with Crippen molar-refractivity contribution >= 4 is 23.4 Å². The van der Waals surface area contributed by atoms with E-state index in [1.165, 1.54) is 12.1 Å². The van der Waals surface area contributed by atoms with Crippen LogP contribution in [0, 0.1) is 6.92 Å². The molecular formula is C18H16N2O4. The number of ether oxygens (including phenoxy) is 1. The highest BCUT2D eigenvalue weighted by molar-refractivity contribution is 6.22. The highest BCUT2D eigenvalue weighted by Gasteiger charge is 2.27. The number of rotatable bonds is 4. The lowest BCUT2D eigenvalue weighted by Crippen LogP contribution is -2.30. The van der Waals surface area contributed by atoms with E-state index >= 15 is 0 Å². The third kappa shape index (κ3) is 3.12. The normalized spacial score (nSPS) is 13.9. The van der Waals surface area contributed by atoms with Crippen LogP contribution in [0.2, 0.25) is 0 Å². The molecule has 2 N–H and O–H groups in total. The van der Waals surface area contributed by atoms with Gasteiger partial charge in [0.15, 0.2) is 6.10 Å². The molecule has 2 aromatic rings. The molecule has 1 heterocycles. The van der Waals surface area contributed by atoms with E-state index in [1.54, 1.807) is 19.1 Å². The predicted molar refractivity (Wildman–Crippen MR) is 88.1 cm³/mol. The number of fused-ring (bicyclic) bond motifs is 1. The van der Waals surface area contributed by atoms with Gasteiger partial charge in [0, 0.05) is 5.69 Å². The molecule has 1 aliphatic heterocycles. The molecule has 1 atom stereocenters. The molecule has 122 valence electrons. The predicted octanol–water partition coefficient (Wildman–Crippen LogP) is 2.28. The van der Waals surface area contributed by atoms with Crippen molar-refractivity contribution in [3.63, 3.8) is 0 Å². The van der Waals surface area contributed by atoms with E-state index < -0.39 is 17.9 Å². The average molecular weight is 324 g/mol. The number of nitrogens with one attached hydrogen (secondary N) is 2. The Morgan fingerprint density at radius 3 is 2.58 bits per heavy atom. The maximum atomic E-state index is 12.2. The largest absolute Gasteiger partial charge is 0.481 e. The van der Waals surface area contributed by atoms with Crippen molar-refractivity contribution in [2.24, 2.45) is 0 Å². The van der Waals surface area contributed by atoms with Gasteiger partial charge in [-0.05, 0) is 49.7 Å². The minimum Gasteiger partial charge on any atom is -0.481 e. The minimum atomic E-state index is -0.712. The summed E-state index contributed by atoms with van der Waals surface area (Å²) < 4.78 is 5.61. The summed E-state index contributed by atoms with van der Waals surface area (Å²) in [7, 11) is 0. The van der Waals surface area contributed by atoms with E-state index in [4.69, 9.17) is 4.74 Å². The Bertz CT molecular complexity index is 845. The number of carbonyl (C=O) groups excluding carboxylic acids is 3. The van der Waals surface area contributed by atoms with Gasteiger partial charge in [-0.3, -0.25) is 19.7 Å². The van der Waals surface area contributed by atoms with Crippen LogP contribution in [0.5, 0.6) is 5.75 Å². The number of hydrogen-bond acceptors (Lipinski definition) is 4. The number of anilines is 1. The van der Waals surface area contributed by atoms with Crippen LogP contribution >= 0.6 is 0 Å². The fourth-order valence-electron chi connectivity index (χ4n) is 2.44. The molecular weight excluding hydrogens is 308 g/mol. The molecule has 0 bridgehead atoms. The number of amides is 3. The van der Waals surface area contributed by atoms with E-state index in [0.29, 0.717) is 17.0 Å². The van der Waals surface area contributed by atoms with E-state index in [-0.39, 0.29) is 11.5 Å². The zero-order valence-electron chi connectivity index (χ0n) is 13.3. The Balaban J connectivity index is 1.70. The summed E-state index contributed by atoms with van der Waals surface area (Å²) in [6.07, 6.45) is -0.712. The first-order chi connectivity index (χ1) is 11.4. The fraction of sp³-hybridized carbons (Fsp3) is 0.167. The first-order valence-corrected chi connectivity index (χ1v) is 7.48. The Morgan fingerprint density at radius 1 is 1.08 bits per heavy atom. The minimum absolute atomic E-state index is 0.255. The van der Waals surface area contributed by atoms with Crippen LogP contribution in [0.4, 0.5) is 5.69 Å². The molecule has 1 unspecified atom stereocenters. The van der Waals surface area contributed by atoms with Crippen LogP contribution in [0.1, 0.15) is 33.2 Å². The third-order valence-electron chi connectivity index (χ3n) is 3.68. The molecule has 0 spiro atoms. The fourth-order valence-corrected chi connectivity index (χ4v) is 2.44. The summed E-state index contributed by atoms with van der Waals surface area (Å²) in [6, 6.07) is 12.0. The second-order valence-electron chi connectivity index (χ2n) is 5.61. The molecule has 0 aliphatic carbocycles. The maximum absolute atomic E-state index is 12.2. The smallest absolute Gasteiger partial charge is 0.265 e. The van der Waals surface area contributed by atoms with Gasteiger partial charge in [0.05, 0.1) is 11.1 Å². The molecule has 0 saturated heterocycles. The molecule has 3 rings (SSSR count). The Kier molecular flexibility index (Phi) is 4.04. The second-order valence-corrected chi connectivity index (χ2v) is 5.61. The summed E-state index contributed by atoms with van der Waals surface area (Å²) in [6.45, 7) is 3.58. The van der Waals surface area contributed by atoms with Crippen molar-refractivity contribution in [2.75, 3.05) is 5.32 Å². The van der Waals surface area contributed by atoms with E-state index in [0.717, 1.165) is 5.56 Å². The number of carbonyl (C=O) groups is 3. The summed E-state index contributed by atoms with van der Waals surface area (Å²) in [5.41, 5.74) is 2.03. The van der Waals surface area contributed by atoms with Gasteiger partial charge in [0.2, 0.25) is 0 Å². The van der Waals surface area contributed by atoms with Crippen molar-refractivity contribution in [2.45, 2.75) is 20.0 Å². The van der Waals surface area contributed by atoms with E-state index in [1.807, 2.05) is 25.1 Å². The number of benzene rings is 2. The summed E-state index contributed by atoms with van der Waals surface area (Å²) >= 11 is 0. The monoisotopic (exact) mass is 324 g/mol. The van der Waals surface area contributed by atoms with Crippen molar-refractivity contribution in [1.29, 1.82) is 0 Å². The molecule has 0 saturated carbocycles. The van der Waals surface area contributed by atoms with Gasteiger partial charge in [0.25, 0.3) is 17.7 Å². The lowest BCUT2D eigenvalue weighted by Gasteiger charge is -2.15. The number of imide groups is 1. The first kappa shape index (κ1) is 15.7. The van der Waals surface area contributed by atoms with Crippen LogP contribution in [-0.2, 0) is 4.79 Å². The Morgan fingerprint density at radius 2 is 1.83 bits per heavy atom. The molecule has 0 radical (unpaired) electrons. The van der Waals surface area contributed by atoms with Crippen molar-refractivity contribution in [1.82, 2.24) is 5.32 Å². The van der Waals surface area contributed by atoms with E-state index in [9.17, 15) is 14.4 Å². The zero-order valence-corrected chi connectivity index (χ0v) is 13.3. The molecule has 6 heteroatoms. The lowest BCUT2D eigenvalue weighted by atomic mass is 10.1. The van der Waals surface area contributed by atoms with Gasteiger partial charge in [-0.2, -0.15) is 0 Å². The van der Waals surface area contributed by atoms with Gasteiger partial charge in [-0.15, -0.1) is 0 Å². The molecule has 24 heavy (non-hydrogen) atoms. The topological polar surface area (TPSA) is 84.5 Å².